The molecule has 0 spiro atoms. The van der Waals surface area contributed by atoms with Gasteiger partial charge in [0.2, 0.25) is 0 Å². The third-order valence-electron chi connectivity index (χ3n) is 3.59. The molecule has 2 heteroatoms. The molecule has 2 rings (SSSR count). The van der Waals surface area contributed by atoms with Crippen LogP contribution in [0.25, 0.3) is 0 Å². The van der Waals surface area contributed by atoms with Gasteiger partial charge in [-0.3, -0.25) is 9.98 Å². The highest BCUT2D eigenvalue weighted by molar-refractivity contribution is 5.90. The fourth-order valence-corrected chi connectivity index (χ4v) is 2.32. The molecule has 0 aromatic carbocycles. The van der Waals surface area contributed by atoms with E-state index in [0.717, 1.165) is 6.54 Å². The molecule has 0 N–H and O–H groups in total. The van der Waals surface area contributed by atoms with Gasteiger partial charge in [-0.05, 0) is 42.7 Å². The van der Waals surface area contributed by atoms with Crippen molar-refractivity contribution in [1.29, 1.82) is 0 Å². The van der Waals surface area contributed by atoms with Crippen LogP contribution in [-0.4, -0.2) is 24.5 Å². The highest BCUT2D eigenvalue weighted by Crippen LogP contribution is 2.28. The van der Waals surface area contributed by atoms with Gasteiger partial charge in [-0.25, -0.2) is 0 Å². The summed E-state index contributed by atoms with van der Waals surface area (Å²) in [7, 11) is 0. The van der Waals surface area contributed by atoms with Crippen molar-refractivity contribution < 1.29 is 0 Å². The molecular formula is C16H30N2. The van der Waals surface area contributed by atoms with E-state index in [4.69, 9.17) is 0 Å². The Hall–Kier alpha value is -0.660. The first-order chi connectivity index (χ1) is 8.21. The van der Waals surface area contributed by atoms with Gasteiger partial charge < -0.3 is 0 Å². The van der Waals surface area contributed by atoms with Crippen molar-refractivity contribution in [3.8, 4) is 0 Å². The van der Waals surface area contributed by atoms with Crippen molar-refractivity contribution in [3.63, 3.8) is 0 Å². The van der Waals surface area contributed by atoms with Crippen molar-refractivity contribution >= 4 is 11.9 Å². The minimum absolute atomic E-state index is 0.330. The Balaban J connectivity index is 0.000000180. The van der Waals surface area contributed by atoms with Crippen LogP contribution >= 0.6 is 0 Å². The Morgan fingerprint density at radius 3 is 2.00 bits per heavy atom. The predicted octanol–water partition coefficient (Wildman–Crippen LogP) is 4.53. The summed E-state index contributed by atoms with van der Waals surface area (Å²) < 4.78 is 0. The highest BCUT2D eigenvalue weighted by atomic mass is 14.8. The van der Waals surface area contributed by atoms with E-state index in [-0.39, 0.29) is 0 Å². The maximum absolute atomic E-state index is 4.42. The molecule has 0 aromatic rings. The summed E-state index contributed by atoms with van der Waals surface area (Å²) in [4.78, 5) is 8.81. The first-order valence-electron chi connectivity index (χ1n) is 7.26. The van der Waals surface area contributed by atoms with Crippen LogP contribution in [0.15, 0.2) is 9.98 Å². The standard InChI is InChI=1S/2C8H15N/c2*1-8(2,3)7-5-4-6-9-7/h4-6H2,1-3H3;6-7H,4-5H2,1-3H3. The Morgan fingerprint density at radius 2 is 1.78 bits per heavy atom. The van der Waals surface area contributed by atoms with E-state index in [0.29, 0.717) is 16.9 Å². The van der Waals surface area contributed by atoms with Gasteiger partial charge in [-0.15, -0.1) is 0 Å². The average molecular weight is 250 g/mol. The molecule has 0 saturated carbocycles. The summed E-state index contributed by atoms with van der Waals surface area (Å²) in [5, 5.41) is 0. The predicted molar refractivity (Wildman–Crippen MR) is 82.0 cm³/mol. The van der Waals surface area contributed by atoms with Crippen LogP contribution in [-0.2, 0) is 0 Å². The van der Waals surface area contributed by atoms with Gasteiger partial charge in [0.05, 0.1) is 6.04 Å². The minimum Gasteiger partial charge on any atom is -0.294 e. The molecular weight excluding hydrogens is 220 g/mol. The molecule has 0 aliphatic carbocycles. The SMILES string of the molecule is CC(C)(C)C1=NCCC1.CC(C)(C)C1CCC=N1. The summed E-state index contributed by atoms with van der Waals surface area (Å²) in [6.07, 6.45) is 6.98. The molecule has 2 aliphatic rings. The second-order valence-electron chi connectivity index (χ2n) is 7.47. The Kier molecular flexibility index (Phi) is 5.12. The van der Waals surface area contributed by atoms with Crippen molar-refractivity contribution in [3.05, 3.63) is 0 Å². The zero-order valence-corrected chi connectivity index (χ0v) is 13.1. The maximum Gasteiger partial charge on any atom is 0.0547 e. The topological polar surface area (TPSA) is 24.7 Å². The lowest BCUT2D eigenvalue weighted by Gasteiger charge is -2.23. The molecule has 2 heterocycles. The smallest absolute Gasteiger partial charge is 0.0547 e. The molecule has 0 saturated heterocycles. The Bertz CT molecular complexity index is 313. The van der Waals surface area contributed by atoms with E-state index in [1.165, 1.54) is 31.4 Å². The lowest BCUT2D eigenvalue weighted by molar-refractivity contribution is 0.322. The van der Waals surface area contributed by atoms with E-state index in [1.54, 1.807) is 0 Å². The monoisotopic (exact) mass is 250 g/mol. The van der Waals surface area contributed by atoms with Crippen molar-refractivity contribution in [2.75, 3.05) is 6.54 Å². The number of aliphatic imine (C=N–C) groups is 2. The zero-order chi connectivity index (χ0) is 13.8. The van der Waals surface area contributed by atoms with Crippen LogP contribution in [0.1, 0.15) is 67.2 Å². The van der Waals surface area contributed by atoms with Crippen LogP contribution in [0.2, 0.25) is 0 Å². The second-order valence-corrected chi connectivity index (χ2v) is 7.47. The van der Waals surface area contributed by atoms with Gasteiger partial charge in [-0.1, -0.05) is 41.5 Å². The third kappa shape index (κ3) is 4.91. The Labute approximate surface area is 113 Å². The van der Waals surface area contributed by atoms with E-state index in [9.17, 15) is 0 Å². The molecule has 18 heavy (non-hydrogen) atoms. The molecule has 2 nitrogen and oxygen atoms in total. The van der Waals surface area contributed by atoms with Crippen molar-refractivity contribution in [1.82, 2.24) is 0 Å². The van der Waals surface area contributed by atoms with Gasteiger partial charge in [0.25, 0.3) is 0 Å². The molecule has 1 atom stereocenters. The molecule has 0 bridgehead atoms. The molecule has 0 amide bonds. The molecule has 1 unspecified atom stereocenters. The van der Waals surface area contributed by atoms with Crippen LogP contribution in [0.4, 0.5) is 0 Å². The maximum atomic E-state index is 4.42. The van der Waals surface area contributed by atoms with Crippen LogP contribution in [0.3, 0.4) is 0 Å². The highest BCUT2D eigenvalue weighted by Gasteiger charge is 2.24. The zero-order valence-electron chi connectivity index (χ0n) is 13.1. The van der Waals surface area contributed by atoms with Crippen molar-refractivity contribution in [2.24, 2.45) is 20.8 Å². The summed E-state index contributed by atoms with van der Waals surface area (Å²) in [6, 6.07) is 0.581. The van der Waals surface area contributed by atoms with E-state index < -0.39 is 0 Å². The van der Waals surface area contributed by atoms with Crippen molar-refractivity contribution in [2.45, 2.75) is 73.3 Å². The average Bonchev–Trinajstić information content (AvgIpc) is 2.91. The fourth-order valence-electron chi connectivity index (χ4n) is 2.32. The minimum atomic E-state index is 0.330. The normalized spacial score (nSPS) is 23.7. The van der Waals surface area contributed by atoms with E-state index in [1.807, 2.05) is 0 Å². The number of hydrogen-bond acceptors (Lipinski definition) is 2. The first-order valence-corrected chi connectivity index (χ1v) is 7.26. The van der Waals surface area contributed by atoms with Crippen LogP contribution in [0.5, 0.6) is 0 Å². The second kappa shape index (κ2) is 5.99. The molecule has 2 aliphatic heterocycles. The first kappa shape index (κ1) is 15.4. The third-order valence-corrected chi connectivity index (χ3v) is 3.59. The van der Waals surface area contributed by atoms with Gasteiger partial charge in [0, 0.05) is 12.3 Å². The molecule has 0 radical (unpaired) electrons. The van der Waals surface area contributed by atoms with E-state index >= 15 is 0 Å². The summed E-state index contributed by atoms with van der Waals surface area (Å²) in [6.45, 7) is 14.5. The quantitative estimate of drug-likeness (QED) is 0.603. The lowest BCUT2D eigenvalue weighted by Crippen LogP contribution is -2.21. The van der Waals surface area contributed by atoms with E-state index in [2.05, 4.69) is 57.7 Å². The molecule has 0 fully saturated rings. The van der Waals surface area contributed by atoms with Gasteiger partial charge in [0.15, 0.2) is 0 Å². The molecule has 0 aromatic heterocycles. The number of hydrogen-bond donors (Lipinski definition) is 0. The Morgan fingerprint density at radius 1 is 1.11 bits per heavy atom. The fraction of sp³-hybridized carbons (Fsp3) is 0.875. The largest absolute Gasteiger partial charge is 0.294 e. The van der Waals surface area contributed by atoms with Gasteiger partial charge in [-0.2, -0.15) is 0 Å². The summed E-state index contributed by atoms with van der Waals surface area (Å²) in [5.74, 6) is 0. The van der Waals surface area contributed by atoms with Gasteiger partial charge >= 0.3 is 0 Å². The number of rotatable bonds is 0. The lowest BCUT2D eigenvalue weighted by atomic mass is 9.86. The number of nitrogens with zero attached hydrogens (tertiary/aromatic N) is 2. The summed E-state index contributed by atoms with van der Waals surface area (Å²) >= 11 is 0. The van der Waals surface area contributed by atoms with Crippen LogP contribution < -0.4 is 0 Å². The summed E-state index contributed by atoms with van der Waals surface area (Å²) in [5.41, 5.74) is 2.12. The molecule has 104 valence electrons. The van der Waals surface area contributed by atoms with Gasteiger partial charge in [0.1, 0.15) is 0 Å². The van der Waals surface area contributed by atoms with Crippen LogP contribution in [0, 0.1) is 10.8 Å².